The van der Waals surface area contributed by atoms with Crippen molar-refractivity contribution in [3.05, 3.63) is 59.7 Å². The Morgan fingerprint density at radius 3 is 2.92 bits per heavy atom. The molecule has 1 atom stereocenters. The fourth-order valence-corrected chi connectivity index (χ4v) is 3.37. The van der Waals surface area contributed by atoms with Gasteiger partial charge in [0.15, 0.2) is 5.69 Å². The van der Waals surface area contributed by atoms with E-state index < -0.39 is 0 Å². The summed E-state index contributed by atoms with van der Waals surface area (Å²) in [4.78, 5) is 14.8. The van der Waals surface area contributed by atoms with Gasteiger partial charge in [0, 0.05) is 25.4 Å². The SMILES string of the molecule is Cc1cccc(-n2cc(C(=O)N3CCCC3c3cnn(C)c3)nn2)c1. The van der Waals surface area contributed by atoms with Crippen LogP contribution in [0.1, 0.15) is 40.5 Å². The van der Waals surface area contributed by atoms with Crippen molar-refractivity contribution in [3.63, 3.8) is 0 Å². The molecule has 1 fully saturated rings. The number of carbonyl (C=O) groups is 1. The molecule has 1 amide bonds. The molecule has 1 unspecified atom stereocenters. The first-order chi connectivity index (χ1) is 12.1. The van der Waals surface area contributed by atoms with Gasteiger partial charge in [-0.3, -0.25) is 9.48 Å². The van der Waals surface area contributed by atoms with Crippen molar-refractivity contribution in [1.29, 1.82) is 0 Å². The molecule has 0 radical (unpaired) electrons. The van der Waals surface area contributed by atoms with Crippen molar-refractivity contribution >= 4 is 5.91 Å². The van der Waals surface area contributed by atoms with Gasteiger partial charge in [-0.1, -0.05) is 17.3 Å². The van der Waals surface area contributed by atoms with Crippen LogP contribution in [-0.2, 0) is 7.05 Å². The quantitative estimate of drug-likeness (QED) is 0.736. The van der Waals surface area contributed by atoms with E-state index in [1.54, 1.807) is 15.6 Å². The fourth-order valence-electron chi connectivity index (χ4n) is 3.37. The van der Waals surface area contributed by atoms with Crippen molar-refractivity contribution in [3.8, 4) is 5.69 Å². The number of hydrogen-bond donors (Lipinski definition) is 0. The second-order valence-corrected chi connectivity index (χ2v) is 6.49. The molecule has 0 saturated carbocycles. The van der Waals surface area contributed by atoms with E-state index in [4.69, 9.17) is 0 Å². The van der Waals surface area contributed by atoms with Gasteiger partial charge < -0.3 is 4.90 Å². The minimum Gasteiger partial charge on any atom is -0.330 e. The van der Waals surface area contributed by atoms with Crippen LogP contribution >= 0.6 is 0 Å². The smallest absolute Gasteiger partial charge is 0.276 e. The normalized spacial score (nSPS) is 17.2. The summed E-state index contributed by atoms with van der Waals surface area (Å²) < 4.78 is 3.42. The lowest BCUT2D eigenvalue weighted by Crippen LogP contribution is -2.30. The van der Waals surface area contributed by atoms with Crippen molar-refractivity contribution in [2.75, 3.05) is 6.54 Å². The van der Waals surface area contributed by atoms with Gasteiger partial charge >= 0.3 is 0 Å². The molecule has 7 nitrogen and oxygen atoms in total. The second-order valence-electron chi connectivity index (χ2n) is 6.49. The summed E-state index contributed by atoms with van der Waals surface area (Å²) in [5.74, 6) is -0.0785. The first-order valence-electron chi connectivity index (χ1n) is 8.41. The number of amides is 1. The molecular formula is C18H20N6O. The molecule has 1 aliphatic rings. The number of aryl methyl sites for hydroxylation is 2. The van der Waals surface area contributed by atoms with E-state index in [9.17, 15) is 4.79 Å². The molecule has 128 valence electrons. The average molecular weight is 336 g/mol. The Morgan fingerprint density at radius 2 is 2.16 bits per heavy atom. The van der Waals surface area contributed by atoms with Crippen LogP contribution in [0.2, 0.25) is 0 Å². The zero-order chi connectivity index (χ0) is 17.4. The van der Waals surface area contributed by atoms with Crippen LogP contribution in [0.3, 0.4) is 0 Å². The minimum atomic E-state index is -0.0785. The number of nitrogens with zero attached hydrogens (tertiary/aromatic N) is 6. The monoisotopic (exact) mass is 336 g/mol. The number of likely N-dealkylation sites (tertiary alicyclic amines) is 1. The summed E-state index contributed by atoms with van der Waals surface area (Å²) in [5, 5.41) is 12.5. The predicted molar refractivity (Wildman–Crippen MR) is 92.3 cm³/mol. The molecule has 2 aromatic heterocycles. The highest BCUT2D eigenvalue weighted by molar-refractivity contribution is 5.92. The first kappa shape index (κ1) is 15.6. The standard InChI is InChI=1S/C18H20N6O/c1-13-5-3-6-15(9-13)24-12-16(20-21-24)18(25)23-8-4-7-17(23)14-10-19-22(2)11-14/h3,5-6,9-12,17H,4,7-8H2,1-2H3. The van der Waals surface area contributed by atoms with Gasteiger partial charge in [0.2, 0.25) is 0 Å². The van der Waals surface area contributed by atoms with Gasteiger partial charge in [0.05, 0.1) is 24.1 Å². The van der Waals surface area contributed by atoms with E-state index in [0.717, 1.165) is 36.2 Å². The van der Waals surface area contributed by atoms with E-state index >= 15 is 0 Å². The lowest BCUT2D eigenvalue weighted by Gasteiger charge is -2.22. The highest BCUT2D eigenvalue weighted by Gasteiger charge is 2.32. The zero-order valence-corrected chi connectivity index (χ0v) is 14.3. The van der Waals surface area contributed by atoms with E-state index in [0.29, 0.717) is 5.69 Å². The number of carbonyl (C=O) groups excluding carboxylic acids is 1. The lowest BCUT2D eigenvalue weighted by atomic mass is 10.1. The molecule has 1 aliphatic heterocycles. The maximum Gasteiger partial charge on any atom is 0.276 e. The minimum absolute atomic E-state index is 0.0605. The van der Waals surface area contributed by atoms with Gasteiger partial charge in [0.25, 0.3) is 5.91 Å². The summed E-state index contributed by atoms with van der Waals surface area (Å²) in [6.07, 6.45) is 7.44. The number of benzene rings is 1. The number of aromatic nitrogens is 5. The van der Waals surface area contributed by atoms with Crippen LogP contribution in [0.4, 0.5) is 0 Å². The fraction of sp³-hybridized carbons (Fsp3) is 0.333. The Kier molecular flexibility index (Phi) is 3.83. The van der Waals surface area contributed by atoms with Gasteiger partial charge in [-0.2, -0.15) is 5.10 Å². The second kappa shape index (κ2) is 6.16. The molecule has 1 aromatic carbocycles. The Hall–Kier alpha value is -2.96. The maximum absolute atomic E-state index is 12.9. The topological polar surface area (TPSA) is 68.8 Å². The van der Waals surface area contributed by atoms with Crippen molar-refractivity contribution in [2.24, 2.45) is 7.05 Å². The third-order valence-electron chi connectivity index (χ3n) is 4.60. The highest BCUT2D eigenvalue weighted by atomic mass is 16.2. The van der Waals surface area contributed by atoms with Crippen LogP contribution in [0.25, 0.3) is 5.69 Å². The lowest BCUT2D eigenvalue weighted by molar-refractivity contribution is 0.0729. The third-order valence-corrected chi connectivity index (χ3v) is 4.60. The molecule has 7 heteroatoms. The van der Waals surface area contributed by atoms with Crippen LogP contribution in [0.15, 0.2) is 42.9 Å². The Morgan fingerprint density at radius 1 is 1.28 bits per heavy atom. The average Bonchev–Trinajstić information content (AvgIpc) is 3.34. The van der Waals surface area contributed by atoms with E-state index in [1.807, 2.05) is 55.5 Å². The molecule has 0 bridgehead atoms. The first-order valence-corrected chi connectivity index (χ1v) is 8.41. The van der Waals surface area contributed by atoms with Gasteiger partial charge in [-0.05, 0) is 37.5 Å². The number of rotatable bonds is 3. The van der Waals surface area contributed by atoms with Crippen LogP contribution in [0.5, 0.6) is 0 Å². The van der Waals surface area contributed by atoms with Crippen molar-refractivity contribution in [2.45, 2.75) is 25.8 Å². The largest absolute Gasteiger partial charge is 0.330 e. The summed E-state index contributed by atoms with van der Waals surface area (Å²) in [6.45, 7) is 2.75. The molecule has 1 saturated heterocycles. The van der Waals surface area contributed by atoms with Crippen molar-refractivity contribution in [1.82, 2.24) is 29.7 Å². The summed E-state index contributed by atoms with van der Waals surface area (Å²) in [5.41, 5.74) is 3.48. The van der Waals surface area contributed by atoms with Crippen LogP contribution < -0.4 is 0 Å². The van der Waals surface area contributed by atoms with Crippen molar-refractivity contribution < 1.29 is 4.79 Å². The van der Waals surface area contributed by atoms with E-state index in [2.05, 4.69) is 15.4 Å². The Labute approximate surface area is 145 Å². The zero-order valence-electron chi connectivity index (χ0n) is 14.3. The summed E-state index contributed by atoms with van der Waals surface area (Å²) in [7, 11) is 1.89. The van der Waals surface area contributed by atoms with Gasteiger partial charge in [-0.15, -0.1) is 5.10 Å². The molecule has 0 aliphatic carbocycles. The predicted octanol–water partition coefficient (Wildman–Crippen LogP) is 2.29. The highest BCUT2D eigenvalue weighted by Crippen LogP contribution is 2.32. The van der Waals surface area contributed by atoms with Gasteiger partial charge in [0.1, 0.15) is 0 Å². The molecular weight excluding hydrogens is 316 g/mol. The molecule has 3 aromatic rings. The Balaban J connectivity index is 1.58. The molecule has 25 heavy (non-hydrogen) atoms. The summed E-state index contributed by atoms with van der Waals surface area (Å²) >= 11 is 0. The third kappa shape index (κ3) is 2.93. The van der Waals surface area contributed by atoms with E-state index in [1.165, 1.54) is 0 Å². The number of hydrogen-bond acceptors (Lipinski definition) is 4. The molecule has 0 spiro atoms. The molecule has 0 N–H and O–H groups in total. The summed E-state index contributed by atoms with van der Waals surface area (Å²) in [6, 6.07) is 8.01. The van der Waals surface area contributed by atoms with Crippen LogP contribution in [-0.4, -0.2) is 42.1 Å². The van der Waals surface area contributed by atoms with Gasteiger partial charge in [-0.25, -0.2) is 4.68 Å². The maximum atomic E-state index is 12.9. The molecule has 3 heterocycles. The molecule has 4 rings (SSSR count). The van der Waals surface area contributed by atoms with Crippen LogP contribution in [0, 0.1) is 6.92 Å². The van der Waals surface area contributed by atoms with E-state index in [-0.39, 0.29) is 11.9 Å². The Bertz CT molecular complexity index is 912.